The predicted octanol–water partition coefficient (Wildman–Crippen LogP) is 2.41. The number of hydrogen-bond acceptors (Lipinski definition) is 3. The van der Waals surface area contributed by atoms with E-state index in [2.05, 4.69) is 55.1 Å². The van der Waals surface area contributed by atoms with E-state index in [4.69, 9.17) is 5.73 Å². The topological polar surface area (TPSA) is 32.5 Å². The second-order valence-electron chi connectivity index (χ2n) is 6.29. The third-order valence-electron chi connectivity index (χ3n) is 4.60. The zero-order valence-electron chi connectivity index (χ0n) is 13.2. The maximum absolute atomic E-state index is 6.36. The summed E-state index contributed by atoms with van der Waals surface area (Å²) in [6.07, 6.45) is 3.66. The van der Waals surface area contributed by atoms with Crippen LogP contribution in [0.5, 0.6) is 0 Å². The van der Waals surface area contributed by atoms with E-state index < -0.39 is 0 Å². The molecule has 2 rings (SSSR count). The molecule has 0 saturated carbocycles. The predicted molar refractivity (Wildman–Crippen MR) is 85.9 cm³/mol. The van der Waals surface area contributed by atoms with E-state index in [1.807, 2.05) is 0 Å². The van der Waals surface area contributed by atoms with Crippen LogP contribution in [0.1, 0.15) is 36.4 Å². The SMILES string of the molecule is Cc1ccccc1C(N)CCN(C)C1CCCN(C)C1. The molecule has 3 nitrogen and oxygen atoms in total. The number of nitrogens with zero attached hydrogens (tertiary/aromatic N) is 2. The second kappa shape index (κ2) is 7.21. The highest BCUT2D eigenvalue weighted by Gasteiger charge is 2.21. The number of likely N-dealkylation sites (N-methyl/N-ethyl adjacent to an activating group) is 2. The largest absolute Gasteiger partial charge is 0.324 e. The minimum atomic E-state index is 0.153. The summed E-state index contributed by atoms with van der Waals surface area (Å²) in [6.45, 7) is 5.66. The monoisotopic (exact) mass is 275 g/mol. The van der Waals surface area contributed by atoms with E-state index in [9.17, 15) is 0 Å². The second-order valence-corrected chi connectivity index (χ2v) is 6.29. The Morgan fingerprint density at radius 3 is 2.85 bits per heavy atom. The summed E-state index contributed by atoms with van der Waals surface area (Å²) in [5.41, 5.74) is 8.96. The fourth-order valence-electron chi connectivity index (χ4n) is 3.18. The molecule has 0 bridgehead atoms. The number of aryl methyl sites for hydroxylation is 1. The van der Waals surface area contributed by atoms with Crippen LogP contribution in [0, 0.1) is 6.92 Å². The van der Waals surface area contributed by atoms with Crippen LogP contribution in [0.2, 0.25) is 0 Å². The highest BCUT2D eigenvalue weighted by atomic mass is 15.2. The van der Waals surface area contributed by atoms with Crippen molar-refractivity contribution in [3.8, 4) is 0 Å². The molecule has 1 aromatic rings. The molecule has 20 heavy (non-hydrogen) atoms. The first-order chi connectivity index (χ1) is 9.58. The molecule has 0 amide bonds. The Balaban J connectivity index is 1.83. The van der Waals surface area contributed by atoms with Gasteiger partial charge in [-0.3, -0.25) is 0 Å². The molecule has 1 aliphatic rings. The molecule has 1 aliphatic heterocycles. The zero-order valence-corrected chi connectivity index (χ0v) is 13.2. The van der Waals surface area contributed by atoms with Gasteiger partial charge in [-0.05, 0) is 64.5 Å². The van der Waals surface area contributed by atoms with Gasteiger partial charge >= 0.3 is 0 Å². The maximum Gasteiger partial charge on any atom is 0.0309 e. The maximum atomic E-state index is 6.36. The Bertz CT molecular complexity index is 418. The molecule has 2 unspecified atom stereocenters. The van der Waals surface area contributed by atoms with Crippen molar-refractivity contribution in [2.75, 3.05) is 33.7 Å². The Morgan fingerprint density at radius 2 is 2.15 bits per heavy atom. The highest BCUT2D eigenvalue weighted by Crippen LogP contribution is 2.20. The van der Waals surface area contributed by atoms with Gasteiger partial charge in [0.25, 0.3) is 0 Å². The lowest BCUT2D eigenvalue weighted by molar-refractivity contribution is 0.132. The van der Waals surface area contributed by atoms with Crippen molar-refractivity contribution in [1.29, 1.82) is 0 Å². The molecule has 112 valence electrons. The first-order valence-electron chi connectivity index (χ1n) is 7.78. The van der Waals surface area contributed by atoms with Gasteiger partial charge in [-0.2, -0.15) is 0 Å². The zero-order chi connectivity index (χ0) is 14.5. The standard InChI is InChI=1S/C17H29N3/c1-14-7-4-5-9-16(14)17(18)10-12-20(3)15-8-6-11-19(2)13-15/h4-5,7,9,15,17H,6,8,10-13,18H2,1-3H3. The molecular weight excluding hydrogens is 246 g/mol. The summed E-state index contributed by atoms with van der Waals surface area (Å²) in [6, 6.07) is 9.32. The average molecular weight is 275 g/mol. The van der Waals surface area contributed by atoms with Crippen LogP contribution in [-0.2, 0) is 0 Å². The van der Waals surface area contributed by atoms with Gasteiger partial charge < -0.3 is 15.5 Å². The summed E-state index contributed by atoms with van der Waals surface area (Å²) in [4.78, 5) is 4.93. The van der Waals surface area contributed by atoms with Crippen LogP contribution in [0.15, 0.2) is 24.3 Å². The molecular formula is C17H29N3. The van der Waals surface area contributed by atoms with Crippen molar-refractivity contribution in [1.82, 2.24) is 9.80 Å². The summed E-state index contributed by atoms with van der Waals surface area (Å²) >= 11 is 0. The smallest absolute Gasteiger partial charge is 0.0309 e. The summed E-state index contributed by atoms with van der Waals surface area (Å²) in [7, 11) is 4.47. The van der Waals surface area contributed by atoms with Gasteiger partial charge in [0.2, 0.25) is 0 Å². The fourth-order valence-corrected chi connectivity index (χ4v) is 3.18. The Morgan fingerprint density at radius 1 is 1.40 bits per heavy atom. The van der Waals surface area contributed by atoms with E-state index in [1.54, 1.807) is 0 Å². The summed E-state index contributed by atoms with van der Waals surface area (Å²) in [5, 5.41) is 0. The molecule has 0 spiro atoms. The first kappa shape index (κ1) is 15.5. The van der Waals surface area contributed by atoms with E-state index in [-0.39, 0.29) is 6.04 Å². The van der Waals surface area contributed by atoms with Crippen LogP contribution in [0.25, 0.3) is 0 Å². The lowest BCUT2D eigenvalue weighted by atomic mass is 9.98. The van der Waals surface area contributed by atoms with Crippen molar-refractivity contribution >= 4 is 0 Å². The molecule has 1 heterocycles. The lowest BCUT2D eigenvalue weighted by Gasteiger charge is -2.36. The van der Waals surface area contributed by atoms with Crippen LogP contribution >= 0.6 is 0 Å². The fraction of sp³-hybridized carbons (Fsp3) is 0.647. The quantitative estimate of drug-likeness (QED) is 0.895. The number of rotatable bonds is 5. The molecule has 0 aromatic heterocycles. The Labute approximate surface area is 123 Å². The van der Waals surface area contributed by atoms with Gasteiger partial charge in [-0.25, -0.2) is 0 Å². The molecule has 1 fully saturated rings. The van der Waals surface area contributed by atoms with E-state index in [1.165, 1.54) is 37.1 Å². The number of likely N-dealkylation sites (tertiary alicyclic amines) is 1. The van der Waals surface area contributed by atoms with Crippen molar-refractivity contribution in [2.24, 2.45) is 5.73 Å². The molecule has 2 N–H and O–H groups in total. The van der Waals surface area contributed by atoms with Crippen LogP contribution in [-0.4, -0.2) is 49.6 Å². The number of nitrogens with two attached hydrogens (primary N) is 1. The Kier molecular flexibility index (Phi) is 5.58. The van der Waals surface area contributed by atoms with Crippen molar-refractivity contribution in [3.63, 3.8) is 0 Å². The molecule has 3 heteroatoms. The highest BCUT2D eigenvalue weighted by molar-refractivity contribution is 5.28. The number of hydrogen-bond donors (Lipinski definition) is 1. The first-order valence-corrected chi connectivity index (χ1v) is 7.78. The summed E-state index contributed by atoms with van der Waals surface area (Å²) < 4.78 is 0. The van der Waals surface area contributed by atoms with E-state index in [0.29, 0.717) is 6.04 Å². The normalized spacial score (nSPS) is 22.1. The van der Waals surface area contributed by atoms with Gasteiger partial charge in [0.05, 0.1) is 0 Å². The van der Waals surface area contributed by atoms with Crippen LogP contribution in [0.4, 0.5) is 0 Å². The van der Waals surface area contributed by atoms with Crippen molar-refractivity contribution < 1.29 is 0 Å². The molecule has 0 radical (unpaired) electrons. The van der Waals surface area contributed by atoms with Gasteiger partial charge in [-0.15, -0.1) is 0 Å². The average Bonchev–Trinajstić information content (AvgIpc) is 2.45. The van der Waals surface area contributed by atoms with Gasteiger partial charge in [-0.1, -0.05) is 24.3 Å². The number of benzene rings is 1. The van der Waals surface area contributed by atoms with Gasteiger partial charge in [0.1, 0.15) is 0 Å². The summed E-state index contributed by atoms with van der Waals surface area (Å²) in [5.74, 6) is 0. The van der Waals surface area contributed by atoms with Crippen LogP contribution < -0.4 is 5.73 Å². The minimum Gasteiger partial charge on any atom is -0.324 e. The third-order valence-corrected chi connectivity index (χ3v) is 4.60. The molecule has 0 aliphatic carbocycles. The molecule has 1 saturated heterocycles. The van der Waals surface area contributed by atoms with E-state index >= 15 is 0 Å². The Hall–Kier alpha value is -0.900. The van der Waals surface area contributed by atoms with E-state index in [0.717, 1.165) is 13.0 Å². The van der Waals surface area contributed by atoms with Crippen molar-refractivity contribution in [3.05, 3.63) is 35.4 Å². The van der Waals surface area contributed by atoms with Crippen molar-refractivity contribution in [2.45, 2.75) is 38.3 Å². The minimum absolute atomic E-state index is 0.153. The van der Waals surface area contributed by atoms with Crippen LogP contribution in [0.3, 0.4) is 0 Å². The number of piperidine rings is 1. The van der Waals surface area contributed by atoms with Gasteiger partial charge in [0.15, 0.2) is 0 Å². The van der Waals surface area contributed by atoms with Gasteiger partial charge in [0, 0.05) is 18.6 Å². The lowest BCUT2D eigenvalue weighted by Crippen LogP contribution is -2.45. The molecule has 2 atom stereocenters. The molecule has 1 aromatic carbocycles. The third kappa shape index (κ3) is 4.05.